The van der Waals surface area contributed by atoms with Crippen molar-refractivity contribution in [1.29, 1.82) is 0 Å². The van der Waals surface area contributed by atoms with Crippen LogP contribution >= 0.6 is 0 Å². The quantitative estimate of drug-likeness (QED) is 0.798. The number of hydrogen-bond donors (Lipinski definition) is 0. The number of halogens is 1. The maximum absolute atomic E-state index is 14.7. The molecule has 23 heavy (non-hydrogen) atoms. The van der Waals surface area contributed by atoms with Crippen LogP contribution in [0.4, 0.5) is 4.39 Å². The van der Waals surface area contributed by atoms with Gasteiger partial charge in [-0.2, -0.15) is 0 Å². The van der Waals surface area contributed by atoms with Crippen molar-refractivity contribution in [2.75, 3.05) is 0 Å². The first-order valence-corrected chi connectivity index (χ1v) is 8.25. The average molecular weight is 321 g/mol. The molecule has 3 rings (SSSR count). The summed E-state index contributed by atoms with van der Waals surface area (Å²) in [6.45, 7) is 11.9. The lowest BCUT2D eigenvalue weighted by Crippen LogP contribution is -2.41. The highest BCUT2D eigenvalue weighted by Gasteiger charge is 2.54. The molecule has 1 aromatic heterocycles. The molecule has 0 radical (unpaired) electrons. The first kappa shape index (κ1) is 16.6. The number of hydrogen-bond acceptors (Lipinski definition) is 4. The van der Waals surface area contributed by atoms with Gasteiger partial charge in [0.15, 0.2) is 0 Å². The molecular weight excluding hydrogens is 296 g/mol. The Kier molecular flexibility index (Phi) is 3.92. The van der Waals surface area contributed by atoms with Crippen LogP contribution in [0.2, 0.25) is 0 Å². The van der Waals surface area contributed by atoms with Crippen LogP contribution in [0.5, 0.6) is 0 Å². The Balaban J connectivity index is 1.71. The highest BCUT2D eigenvalue weighted by atomic mass is 19.1. The van der Waals surface area contributed by atoms with E-state index in [0.29, 0.717) is 18.9 Å². The van der Waals surface area contributed by atoms with Crippen molar-refractivity contribution in [3.05, 3.63) is 23.5 Å². The summed E-state index contributed by atoms with van der Waals surface area (Å²) in [6.07, 6.45) is 3.05. The van der Waals surface area contributed by atoms with Crippen molar-refractivity contribution >= 4 is 7.12 Å². The summed E-state index contributed by atoms with van der Waals surface area (Å²) in [4.78, 5) is 0. The Morgan fingerprint density at radius 1 is 1.26 bits per heavy atom. The van der Waals surface area contributed by atoms with E-state index in [1.165, 1.54) is 0 Å². The van der Waals surface area contributed by atoms with Gasteiger partial charge in [-0.25, -0.2) is 4.39 Å². The van der Waals surface area contributed by atoms with Gasteiger partial charge >= 0.3 is 7.12 Å². The smallest absolute Gasteiger partial charge is 0.398 e. The molecule has 0 atom stereocenters. The van der Waals surface area contributed by atoms with Gasteiger partial charge < -0.3 is 13.9 Å². The zero-order valence-electron chi connectivity index (χ0n) is 14.8. The summed E-state index contributed by atoms with van der Waals surface area (Å²) in [5.74, 6) is 1.16. The molecule has 2 fully saturated rings. The second-order valence-electron chi connectivity index (χ2n) is 7.84. The topological polar surface area (TPSA) is 49.2 Å². The number of rotatable bonds is 3. The van der Waals surface area contributed by atoms with Crippen LogP contribution < -0.4 is 0 Å². The monoisotopic (exact) mass is 321 g/mol. The second kappa shape index (κ2) is 5.41. The van der Waals surface area contributed by atoms with E-state index in [-0.39, 0.29) is 11.6 Å². The first-order chi connectivity index (χ1) is 10.6. The van der Waals surface area contributed by atoms with Crippen molar-refractivity contribution < 1.29 is 13.7 Å². The van der Waals surface area contributed by atoms with Crippen molar-refractivity contribution in [2.24, 2.45) is 0 Å². The summed E-state index contributed by atoms with van der Waals surface area (Å²) in [5.41, 5.74) is -0.533. The molecule has 2 heterocycles. The molecular formula is C16H25BFN3O2. The Morgan fingerprint density at radius 3 is 2.35 bits per heavy atom. The normalized spacial score (nSPS) is 25.8. The van der Waals surface area contributed by atoms with E-state index in [1.807, 2.05) is 32.3 Å². The SMILES string of the molecule is CC(C)n1cnnc1C1CC(=C(F)B2OC(C)(C)C(C)(C)O2)C1. The fraction of sp³-hybridized carbons (Fsp3) is 0.750. The Morgan fingerprint density at radius 2 is 1.83 bits per heavy atom. The molecule has 0 N–H and O–H groups in total. The standard InChI is InChI=1S/C16H25BFN3O2/c1-10(2)21-9-19-20-14(21)12-7-11(8-12)13(18)17-22-15(3,4)16(5,6)23-17/h9-10,12H,7-8H2,1-6H3. The number of allylic oxidation sites excluding steroid dienone is 1. The van der Waals surface area contributed by atoms with Crippen LogP contribution in [-0.2, 0) is 9.31 Å². The minimum Gasteiger partial charge on any atom is -0.398 e. The van der Waals surface area contributed by atoms with Crippen molar-refractivity contribution in [2.45, 2.75) is 77.5 Å². The molecule has 1 saturated carbocycles. The highest BCUT2D eigenvalue weighted by Crippen LogP contribution is 2.46. The zero-order chi connectivity index (χ0) is 17.0. The predicted octanol–water partition coefficient (Wildman–Crippen LogP) is 3.59. The van der Waals surface area contributed by atoms with Gasteiger partial charge in [-0.3, -0.25) is 0 Å². The fourth-order valence-corrected chi connectivity index (χ4v) is 2.97. The van der Waals surface area contributed by atoms with E-state index in [4.69, 9.17) is 9.31 Å². The van der Waals surface area contributed by atoms with Crippen molar-refractivity contribution in [3.8, 4) is 0 Å². The minimum absolute atomic E-state index is 0.225. The van der Waals surface area contributed by atoms with Gasteiger partial charge in [-0.1, -0.05) is 0 Å². The molecule has 7 heteroatoms. The van der Waals surface area contributed by atoms with Crippen LogP contribution in [-0.4, -0.2) is 33.1 Å². The molecule has 1 aliphatic heterocycles. The van der Waals surface area contributed by atoms with Gasteiger partial charge in [0.1, 0.15) is 17.9 Å². The van der Waals surface area contributed by atoms with E-state index in [0.717, 1.165) is 11.4 Å². The van der Waals surface area contributed by atoms with Crippen molar-refractivity contribution in [3.63, 3.8) is 0 Å². The summed E-state index contributed by atoms with van der Waals surface area (Å²) >= 11 is 0. The van der Waals surface area contributed by atoms with Gasteiger partial charge in [0.2, 0.25) is 0 Å². The summed E-state index contributed by atoms with van der Waals surface area (Å²) in [5, 5.41) is 8.19. The maximum atomic E-state index is 14.7. The zero-order valence-corrected chi connectivity index (χ0v) is 14.8. The molecule has 1 aliphatic carbocycles. The third kappa shape index (κ3) is 2.74. The molecule has 0 amide bonds. The average Bonchev–Trinajstić information content (AvgIpc) is 2.91. The molecule has 1 saturated heterocycles. The van der Waals surface area contributed by atoms with E-state index in [9.17, 15) is 4.39 Å². The van der Waals surface area contributed by atoms with Crippen LogP contribution in [0.15, 0.2) is 17.6 Å². The van der Waals surface area contributed by atoms with Gasteiger partial charge in [0.05, 0.1) is 11.2 Å². The van der Waals surface area contributed by atoms with Gasteiger partial charge in [-0.15, -0.1) is 10.2 Å². The summed E-state index contributed by atoms with van der Waals surface area (Å²) in [6, 6.07) is 0.306. The molecule has 126 valence electrons. The van der Waals surface area contributed by atoms with Crippen LogP contribution in [0, 0.1) is 0 Å². The molecule has 0 unspecified atom stereocenters. The lowest BCUT2D eigenvalue weighted by molar-refractivity contribution is 0.00578. The third-order valence-electron chi connectivity index (χ3n) is 5.31. The molecule has 0 spiro atoms. The number of nitrogens with zero attached hydrogens (tertiary/aromatic N) is 3. The highest BCUT2D eigenvalue weighted by molar-refractivity contribution is 6.53. The third-order valence-corrected chi connectivity index (χ3v) is 5.31. The fourth-order valence-electron chi connectivity index (χ4n) is 2.97. The van der Waals surface area contributed by atoms with Gasteiger partial charge in [0.25, 0.3) is 0 Å². The number of aromatic nitrogens is 3. The summed E-state index contributed by atoms with van der Waals surface area (Å²) < 4.78 is 28.3. The lowest BCUT2D eigenvalue weighted by atomic mass is 9.72. The van der Waals surface area contributed by atoms with Crippen LogP contribution in [0.3, 0.4) is 0 Å². The van der Waals surface area contributed by atoms with E-state index >= 15 is 0 Å². The van der Waals surface area contributed by atoms with Gasteiger partial charge in [-0.05, 0) is 60.0 Å². The van der Waals surface area contributed by atoms with Gasteiger partial charge in [0, 0.05) is 12.0 Å². The Hall–Kier alpha value is -1.21. The maximum Gasteiger partial charge on any atom is 0.525 e. The first-order valence-electron chi connectivity index (χ1n) is 8.25. The molecule has 5 nitrogen and oxygen atoms in total. The largest absolute Gasteiger partial charge is 0.525 e. The molecule has 2 aliphatic rings. The van der Waals surface area contributed by atoms with E-state index in [2.05, 4.69) is 24.0 Å². The summed E-state index contributed by atoms with van der Waals surface area (Å²) in [7, 11) is -0.890. The molecule has 0 aromatic carbocycles. The lowest BCUT2D eigenvalue weighted by Gasteiger charge is -2.32. The predicted molar refractivity (Wildman–Crippen MR) is 86.6 cm³/mol. The van der Waals surface area contributed by atoms with E-state index in [1.54, 1.807) is 6.33 Å². The van der Waals surface area contributed by atoms with Crippen LogP contribution in [0.25, 0.3) is 0 Å². The molecule has 0 bridgehead atoms. The second-order valence-corrected chi connectivity index (χ2v) is 7.84. The Labute approximate surface area is 137 Å². The van der Waals surface area contributed by atoms with Crippen molar-refractivity contribution in [1.82, 2.24) is 14.8 Å². The Bertz CT molecular complexity index is 615. The minimum atomic E-state index is -0.890. The van der Waals surface area contributed by atoms with E-state index < -0.39 is 18.3 Å². The van der Waals surface area contributed by atoms with Crippen LogP contribution in [0.1, 0.15) is 72.2 Å². The molecule has 1 aromatic rings.